The number of furan rings is 1. The zero-order valence-corrected chi connectivity index (χ0v) is 13.9. The Morgan fingerprint density at radius 2 is 1.96 bits per heavy atom. The Labute approximate surface area is 136 Å². The van der Waals surface area contributed by atoms with Crippen LogP contribution in [0.15, 0.2) is 45.7 Å². The second kappa shape index (κ2) is 7.81. The Kier molecular flexibility index (Phi) is 5.79. The van der Waals surface area contributed by atoms with Crippen LogP contribution in [0.3, 0.4) is 0 Å². The lowest BCUT2D eigenvalue weighted by molar-refractivity contribution is 0.0907. The van der Waals surface area contributed by atoms with Crippen molar-refractivity contribution in [1.29, 1.82) is 0 Å². The molecule has 0 spiro atoms. The van der Waals surface area contributed by atoms with Crippen molar-refractivity contribution >= 4 is 5.91 Å². The molecule has 0 aliphatic carbocycles. The molecule has 0 aliphatic heterocycles. The summed E-state index contributed by atoms with van der Waals surface area (Å²) in [4.78, 5) is 23.8. The highest BCUT2D eigenvalue weighted by atomic mass is 16.4. The average molecular weight is 316 g/mol. The van der Waals surface area contributed by atoms with Crippen molar-refractivity contribution < 1.29 is 9.21 Å². The first-order valence-electron chi connectivity index (χ1n) is 8.00. The fraction of sp³-hybridized carbons (Fsp3) is 0.444. The van der Waals surface area contributed by atoms with Crippen molar-refractivity contribution in [3.05, 3.63) is 58.4 Å². The molecule has 0 saturated carbocycles. The first-order chi connectivity index (χ1) is 11.0. The first-order valence-corrected chi connectivity index (χ1v) is 8.00. The van der Waals surface area contributed by atoms with Crippen molar-refractivity contribution in [3.8, 4) is 0 Å². The summed E-state index contributed by atoms with van der Waals surface area (Å²) in [6.45, 7) is 6.64. The van der Waals surface area contributed by atoms with Crippen LogP contribution in [0.5, 0.6) is 0 Å². The summed E-state index contributed by atoms with van der Waals surface area (Å²) in [5.74, 6) is 1.26. The molecule has 124 valence electrons. The van der Waals surface area contributed by atoms with Crippen LogP contribution >= 0.6 is 0 Å². The number of carbonyl (C=O) groups excluding carboxylic acids is 1. The Bertz CT molecular complexity index is 700. The van der Waals surface area contributed by atoms with Gasteiger partial charge in [0.15, 0.2) is 5.76 Å². The molecule has 5 heteroatoms. The SMILES string of the molecule is CC(C)CCC(C)NC(=O)c1ccc(Cn2ccccc2=O)o1. The second-order valence-corrected chi connectivity index (χ2v) is 6.28. The summed E-state index contributed by atoms with van der Waals surface area (Å²) in [6, 6.07) is 8.45. The van der Waals surface area contributed by atoms with E-state index >= 15 is 0 Å². The van der Waals surface area contributed by atoms with Crippen LogP contribution in [0.25, 0.3) is 0 Å². The molecule has 5 nitrogen and oxygen atoms in total. The number of pyridine rings is 1. The molecule has 0 aromatic carbocycles. The maximum atomic E-state index is 12.2. The topological polar surface area (TPSA) is 64.2 Å². The van der Waals surface area contributed by atoms with Crippen LogP contribution < -0.4 is 10.9 Å². The highest BCUT2D eigenvalue weighted by molar-refractivity contribution is 5.91. The molecule has 0 radical (unpaired) electrons. The van der Waals surface area contributed by atoms with Gasteiger partial charge in [-0.25, -0.2) is 0 Å². The first kappa shape index (κ1) is 17.1. The molecule has 1 N–H and O–H groups in total. The van der Waals surface area contributed by atoms with Gasteiger partial charge >= 0.3 is 0 Å². The van der Waals surface area contributed by atoms with E-state index in [1.54, 1.807) is 30.5 Å². The molecule has 2 rings (SSSR count). The predicted molar refractivity (Wildman–Crippen MR) is 89.5 cm³/mol. The Morgan fingerprint density at radius 1 is 1.17 bits per heavy atom. The molecule has 2 heterocycles. The van der Waals surface area contributed by atoms with E-state index in [1.807, 2.05) is 6.92 Å². The average Bonchev–Trinajstić information content (AvgIpc) is 2.96. The maximum absolute atomic E-state index is 12.2. The van der Waals surface area contributed by atoms with Crippen LogP contribution in [0.4, 0.5) is 0 Å². The molecule has 2 aromatic heterocycles. The van der Waals surface area contributed by atoms with Crippen molar-refractivity contribution in [2.45, 2.75) is 46.2 Å². The molecule has 2 aromatic rings. The van der Waals surface area contributed by atoms with E-state index in [0.29, 0.717) is 18.2 Å². The van der Waals surface area contributed by atoms with Crippen molar-refractivity contribution in [2.24, 2.45) is 5.92 Å². The number of rotatable bonds is 7. The van der Waals surface area contributed by atoms with E-state index in [9.17, 15) is 9.59 Å². The highest BCUT2D eigenvalue weighted by Crippen LogP contribution is 2.11. The normalized spacial score (nSPS) is 12.3. The summed E-state index contributed by atoms with van der Waals surface area (Å²) in [6.07, 6.45) is 3.71. The molecule has 0 saturated heterocycles. The van der Waals surface area contributed by atoms with Gasteiger partial charge in [-0.05, 0) is 43.9 Å². The van der Waals surface area contributed by atoms with Gasteiger partial charge in [0.25, 0.3) is 11.5 Å². The largest absolute Gasteiger partial charge is 0.454 e. The molecule has 23 heavy (non-hydrogen) atoms. The third kappa shape index (κ3) is 5.13. The summed E-state index contributed by atoms with van der Waals surface area (Å²) < 4.78 is 7.09. The van der Waals surface area contributed by atoms with Crippen LogP contribution in [0.2, 0.25) is 0 Å². The van der Waals surface area contributed by atoms with Gasteiger partial charge in [-0.2, -0.15) is 0 Å². The van der Waals surface area contributed by atoms with Gasteiger partial charge in [-0.1, -0.05) is 19.9 Å². The Morgan fingerprint density at radius 3 is 2.65 bits per heavy atom. The van der Waals surface area contributed by atoms with Gasteiger partial charge in [0, 0.05) is 18.3 Å². The number of nitrogens with zero attached hydrogens (tertiary/aromatic N) is 1. The number of hydrogen-bond donors (Lipinski definition) is 1. The smallest absolute Gasteiger partial charge is 0.287 e. The minimum atomic E-state index is -0.215. The van der Waals surface area contributed by atoms with E-state index in [1.165, 1.54) is 10.6 Å². The van der Waals surface area contributed by atoms with Gasteiger partial charge < -0.3 is 14.3 Å². The van der Waals surface area contributed by atoms with Gasteiger partial charge in [-0.3, -0.25) is 9.59 Å². The number of nitrogens with one attached hydrogen (secondary N) is 1. The zero-order chi connectivity index (χ0) is 16.8. The maximum Gasteiger partial charge on any atom is 0.287 e. The number of aromatic nitrogens is 1. The molecular weight excluding hydrogens is 292 g/mol. The van der Waals surface area contributed by atoms with E-state index < -0.39 is 0 Å². The quantitative estimate of drug-likeness (QED) is 0.854. The molecule has 1 unspecified atom stereocenters. The fourth-order valence-corrected chi connectivity index (χ4v) is 2.29. The van der Waals surface area contributed by atoms with Crippen LogP contribution in [-0.4, -0.2) is 16.5 Å². The summed E-state index contributed by atoms with van der Waals surface area (Å²) >= 11 is 0. The van der Waals surface area contributed by atoms with Crippen molar-refractivity contribution in [1.82, 2.24) is 9.88 Å². The zero-order valence-electron chi connectivity index (χ0n) is 13.9. The highest BCUT2D eigenvalue weighted by Gasteiger charge is 2.14. The lowest BCUT2D eigenvalue weighted by atomic mass is 10.0. The molecule has 0 bridgehead atoms. The molecule has 1 atom stereocenters. The summed E-state index contributed by atoms with van der Waals surface area (Å²) in [5, 5.41) is 2.94. The van der Waals surface area contributed by atoms with Crippen molar-refractivity contribution in [2.75, 3.05) is 0 Å². The van der Waals surface area contributed by atoms with Crippen LogP contribution in [-0.2, 0) is 6.54 Å². The van der Waals surface area contributed by atoms with Crippen LogP contribution in [0, 0.1) is 5.92 Å². The Balaban J connectivity index is 1.95. The van der Waals surface area contributed by atoms with E-state index in [0.717, 1.165) is 12.8 Å². The minimum Gasteiger partial charge on any atom is -0.454 e. The number of carbonyl (C=O) groups is 1. The lowest BCUT2D eigenvalue weighted by Gasteiger charge is -2.14. The third-order valence-corrected chi connectivity index (χ3v) is 3.67. The molecule has 0 aliphatic rings. The van der Waals surface area contributed by atoms with Crippen molar-refractivity contribution in [3.63, 3.8) is 0 Å². The standard InChI is InChI=1S/C18H24N2O3/c1-13(2)7-8-14(3)19-18(22)16-10-9-15(23-16)12-20-11-5-4-6-17(20)21/h4-6,9-11,13-14H,7-8,12H2,1-3H3,(H,19,22). The summed E-state index contributed by atoms with van der Waals surface area (Å²) in [5.41, 5.74) is -0.0998. The van der Waals surface area contributed by atoms with E-state index in [2.05, 4.69) is 19.2 Å². The lowest BCUT2D eigenvalue weighted by Crippen LogP contribution is -2.32. The van der Waals surface area contributed by atoms with Gasteiger partial charge in [0.1, 0.15) is 5.76 Å². The number of amides is 1. The number of hydrogen-bond acceptors (Lipinski definition) is 3. The van der Waals surface area contributed by atoms with Gasteiger partial charge in [-0.15, -0.1) is 0 Å². The molecule has 1 amide bonds. The Hall–Kier alpha value is -2.30. The fourth-order valence-electron chi connectivity index (χ4n) is 2.29. The molecular formula is C18H24N2O3. The van der Waals surface area contributed by atoms with Gasteiger partial charge in [0.2, 0.25) is 0 Å². The van der Waals surface area contributed by atoms with E-state index in [-0.39, 0.29) is 23.3 Å². The second-order valence-electron chi connectivity index (χ2n) is 6.28. The van der Waals surface area contributed by atoms with Crippen LogP contribution in [0.1, 0.15) is 49.9 Å². The van der Waals surface area contributed by atoms with E-state index in [4.69, 9.17) is 4.42 Å². The minimum absolute atomic E-state index is 0.0998. The molecule has 0 fully saturated rings. The summed E-state index contributed by atoms with van der Waals surface area (Å²) in [7, 11) is 0. The monoisotopic (exact) mass is 316 g/mol. The van der Waals surface area contributed by atoms with Gasteiger partial charge in [0.05, 0.1) is 6.54 Å². The third-order valence-electron chi connectivity index (χ3n) is 3.67. The predicted octanol–water partition coefficient (Wildman–Crippen LogP) is 3.04.